The minimum Gasteiger partial charge on any atom is -0.478 e. The monoisotopic (exact) mass is 966 g/mol. The smallest absolute Gasteiger partial charge is 0.335 e. The maximum absolute atomic E-state index is 11.8. The van der Waals surface area contributed by atoms with Crippen LogP contribution in [-0.4, -0.2) is 52.5 Å². The lowest BCUT2D eigenvalue weighted by Crippen LogP contribution is -2.05. The Bertz CT molecular complexity index is 3590. The minimum absolute atomic E-state index is 0.00470. The summed E-state index contributed by atoms with van der Waals surface area (Å²) in [5, 5.41) is 67.3. The first kappa shape index (κ1) is 47.0. The highest BCUT2D eigenvalue weighted by Gasteiger charge is 2.24. The number of benzene rings is 4. The van der Waals surface area contributed by atoms with Crippen LogP contribution in [0.5, 0.6) is 0 Å². The van der Waals surface area contributed by atoms with Crippen LogP contribution in [0.2, 0.25) is 0 Å². The zero-order valence-corrected chi connectivity index (χ0v) is 37.4. The van der Waals surface area contributed by atoms with E-state index in [9.17, 15) is 56.4 Å². The molecule has 0 saturated heterocycles. The predicted molar refractivity (Wildman–Crippen MR) is 247 cm³/mol. The van der Waals surface area contributed by atoms with Gasteiger partial charge in [-0.05, 0) is 97.4 Å². The first-order valence-electron chi connectivity index (χ1n) is 19.3. The van der Waals surface area contributed by atoms with Crippen molar-refractivity contribution in [3.8, 4) is 35.0 Å². The molecule has 0 atom stereocenters. The molecule has 1 amide bonds. The van der Waals surface area contributed by atoms with Gasteiger partial charge in [-0.15, -0.1) is 20.5 Å². The largest absolute Gasteiger partial charge is 0.478 e. The number of hydrogen-bond acceptors (Lipinski definition) is 17. The number of amides is 1. The van der Waals surface area contributed by atoms with Crippen LogP contribution in [0.25, 0.3) is 16.8 Å². The molecule has 4 aromatic carbocycles. The second-order valence-electron chi connectivity index (χ2n) is 14.1. The molecule has 0 bridgehead atoms. The standard InChI is InChI=1S/C44H30N12O9S3/c1-24-35(22-46)39(49-30-10-14-33(15-11-30)67(60,61)62)51-40(50-31-12-16-34(17-13-31)68(63,64)65)38(24)52-54-42-36(23-47)37(26-6-8-29(9-7-26)48-25(2)57)43(66-42)55-53-41-28(21-45)18-19-56(41)32-5-3-4-27(20-32)44(58)59/h3-20H,1-2H3,(H,48,57)(H,58,59)(H2,49,50,51)(H,60,61,62)(H,63,64,65). The van der Waals surface area contributed by atoms with Crippen molar-refractivity contribution in [3.63, 3.8) is 0 Å². The molecule has 0 spiro atoms. The van der Waals surface area contributed by atoms with Gasteiger partial charge in [0.1, 0.15) is 34.5 Å². The van der Waals surface area contributed by atoms with Crippen molar-refractivity contribution >= 4 is 93.7 Å². The predicted octanol–water partition coefficient (Wildman–Crippen LogP) is 9.99. The average Bonchev–Trinajstić information content (AvgIpc) is 3.88. The van der Waals surface area contributed by atoms with E-state index in [0.29, 0.717) is 16.9 Å². The molecule has 0 fully saturated rings. The molecule has 6 N–H and O–H groups in total. The second-order valence-corrected chi connectivity index (χ2v) is 18.0. The number of anilines is 5. The maximum atomic E-state index is 11.8. The SMILES string of the molecule is CC(=O)Nc1ccc(-c2c(N=Nc3c(C#N)ccn3-c3cccc(C(=O)O)c3)sc(N=Nc3c(Nc4ccc(S(=O)(=O)O)cc4)nc(Nc4ccc(S(=O)(=O)O)cc4)c(C#N)c3C)c2C#N)cc1. The summed E-state index contributed by atoms with van der Waals surface area (Å²) >= 11 is 0.878. The third-order valence-electron chi connectivity index (χ3n) is 9.66. The van der Waals surface area contributed by atoms with E-state index in [2.05, 4.69) is 53.5 Å². The van der Waals surface area contributed by atoms with E-state index in [1.807, 2.05) is 6.07 Å². The summed E-state index contributed by atoms with van der Waals surface area (Å²) in [4.78, 5) is 27.4. The van der Waals surface area contributed by atoms with E-state index in [4.69, 9.17) is 0 Å². The quantitative estimate of drug-likeness (QED) is 0.0436. The van der Waals surface area contributed by atoms with Gasteiger partial charge in [-0.3, -0.25) is 18.5 Å². The van der Waals surface area contributed by atoms with Gasteiger partial charge in [-0.2, -0.15) is 32.6 Å². The van der Waals surface area contributed by atoms with Crippen LogP contribution in [0.3, 0.4) is 0 Å². The first-order valence-corrected chi connectivity index (χ1v) is 23.0. The number of pyridine rings is 1. The molecule has 0 aliphatic carbocycles. The Morgan fingerprint density at radius 2 is 1.28 bits per heavy atom. The molecule has 0 aliphatic rings. The number of azo groups is 2. The van der Waals surface area contributed by atoms with E-state index in [0.717, 1.165) is 35.6 Å². The van der Waals surface area contributed by atoms with Gasteiger partial charge < -0.3 is 21.1 Å². The number of nitrogens with zero attached hydrogens (tertiary/aromatic N) is 9. The Hall–Kier alpha value is -8.96. The molecule has 0 saturated carbocycles. The maximum Gasteiger partial charge on any atom is 0.335 e. The zero-order chi connectivity index (χ0) is 48.9. The Kier molecular flexibility index (Phi) is 13.3. The Morgan fingerprint density at radius 1 is 0.706 bits per heavy atom. The van der Waals surface area contributed by atoms with Crippen LogP contribution in [-0.2, 0) is 25.0 Å². The third-order valence-corrected chi connectivity index (χ3v) is 12.4. The number of nitriles is 3. The van der Waals surface area contributed by atoms with Gasteiger partial charge in [0.25, 0.3) is 20.2 Å². The molecule has 3 aromatic heterocycles. The number of carboxylic acid groups (broad SMARTS) is 1. The van der Waals surface area contributed by atoms with Crippen LogP contribution in [0, 0.1) is 40.9 Å². The molecular weight excluding hydrogens is 937 g/mol. The first-order chi connectivity index (χ1) is 32.4. The van der Waals surface area contributed by atoms with Gasteiger partial charge in [0, 0.05) is 47.0 Å². The fourth-order valence-corrected chi connectivity index (χ4v) is 8.35. The molecule has 0 aliphatic heterocycles. The second kappa shape index (κ2) is 19.3. The Morgan fingerprint density at radius 3 is 1.82 bits per heavy atom. The zero-order valence-electron chi connectivity index (χ0n) is 34.9. The van der Waals surface area contributed by atoms with Crippen molar-refractivity contribution in [2.45, 2.75) is 23.6 Å². The topological polar surface area (TPSA) is 338 Å². The van der Waals surface area contributed by atoms with Crippen LogP contribution in [0.1, 0.15) is 39.5 Å². The lowest BCUT2D eigenvalue weighted by Gasteiger charge is -2.16. The van der Waals surface area contributed by atoms with Crippen LogP contribution < -0.4 is 16.0 Å². The van der Waals surface area contributed by atoms with Crippen molar-refractivity contribution < 1.29 is 40.6 Å². The summed E-state index contributed by atoms with van der Waals surface area (Å²) in [5.74, 6) is -1.56. The molecular formula is C44H30N12O9S3. The highest BCUT2D eigenvalue weighted by Crippen LogP contribution is 2.49. The van der Waals surface area contributed by atoms with E-state index in [1.165, 1.54) is 73.1 Å². The minimum atomic E-state index is -4.55. The van der Waals surface area contributed by atoms with Gasteiger partial charge >= 0.3 is 5.97 Å². The van der Waals surface area contributed by atoms with Gasteiger partial charge in [0.2, 0.25) is 5.91 Å². The molecule has 24 heteroatoms. The normalized spacial score (nSPS) is 11.5. The molecule has 68 heavy (non-hydrogen) atoms. The highest BCUT2D eigenvalue weighted by molar-refractivity contribution is 7.86. The van der Waals surface area contributed by atoms with E-state index in [1.54, 1.807) is 30.3 Å². The molecule has 338 valence electrons. The number of aromatic carboxylic acids is 1. The summed E-state index contributed by atoms with van der Waals surface area (Å²) in [6, 6.07) is 29.9. The number of aromatic nitrogens is 2. The number of hydrogen-bond donors (Lipinski definition) is 6. The average molecular weight is 967 g/mol. The Balaban J connectivity index is 1.38. The number of rotatable bonds is 14. The molecule has 0 radical (unpaired) electrons. The third kappa shape index (κ3) is 10.3. The van der Waals surface area contributed by atoms with Crippen LogP contribution in [0.4, 0.5) is 50.2 Å². The van der Waals surface area contributed by atoms with Crippen molar-refractivity contribution in [3.05, 3.63) is 137 Å². The van der Waals surface area contributed by atoms with Gasteiger partial charge in [0.05, 0.1) is 26.5 Å². The fourth-order valence-electron chi connectivity index (χ4n) is 6.47. The molecule has 7 aromatic rings. The van der Waals surface area contributed by atoms with Crippen LogP contribution in [0.15, 0.2) is 140 Å². The van der Waals surface area contributed by atoms with E-state index >= 15 is 0 Å². The summed E-state index contributed by atoms with van der Waals surface area (Å²) in [6.45, 7) is 2.87. The number of carbonyl (C=O) groups excluding carboxylic acids is 1. The van der Waals surface area contributed by atoms with Gasteiger partial charge in [-0.1, -0.05) is 29.5 Å². The molecule has 7 rings (SSSR count). The van der Waals surface area contributed by atoms with Crippen molar-refractivity contribution in [1.82, 2.24) is 9.55 Å². The van der Waals surface area contributed by atoms with Crippen molar-refractivity contribution in [2.75, 3.05) is 16.0 Å². The van der Waals surface area contributed by atoms with E-state index < -0.39 is 31.1 Å². The fraction of sp³-hybridized carbons (Fsp3) is 0.0455. The lowest BCUT2D eigenvalue weighted by atomic mass is 10.0. The molecule has 0 unspecified atom stereocenters. The number of carbonyl (C=O) groups is 2. The van der Waals surface area contributed by atoms with Crippen LogP contribution >= 0.6 is 11.3 Å². The Labute approximate surface area is 390 Å². The van der Waals surface area contributed by atoms with Gasteiger partial charge in [-0.25, -0.2) is 9.78 Å². The van der Waals surface area contributed by atoms with Gasteiger partial charge in [0.15, 0.2) is 22.5 Å². The van der Waals surface area contributed by atoms with Crippen molar-refractivity contribution in [2.24, 2.45) is 20.5 Å². The van der Waals surface area contributed by atoms with E-state index in [-0.39, 0.29) is 88.7 Å². The summed E-state index contributed by atoms with van der Waals surface area (Å²) in [5.41, 5.74) is 2.15. The molecule has 21 nitrogen and oxygen atoms in total. The summed E-state index contributed by atoms with van der Waals surface area (Å²) in [7, 11) is -9.07. The molecule has 3 heterocycles. The lowest BCUT2D eigenvalue weighted by molar-refractivity contribution is -0.114. The number of carboxylic acids is 1. The van der Waals surface area contributed by atoms with Crippen molar-refractivity contribution in [1.29, 1.82) is 15.8 Å². The summed E-state index contributed by atoms with van der Waals surface area (Å²) in [6.07, 6.45) is 1.52. The number of thiophene rings is 1. The number of nitrogens with one attached hydrogen (secondary N) is 3. The summed E-state index contributed by atoms with van der Waals surface area (Å²) < 4.78 is 67.3. The highest BCUT2D eigenvalue weighted by atomic mass is 32.2.